The smallest absolute Gasteiger partial charge is 0.257 e. The Hall–Kier alpha value is 1.89. The standard InChI is InChI=1S/C4H10Cl2N5P3S2/c5-12(6)9-13(7-1-3-15-13)11-14(10-12)8-2-4-16-14/h7-8H,1-4H2/t13-,14-/m1/s1. The molecular weight excluding hydrogens is 346 g/mol. The second kappa shape index (κ2) is 4.47. The molecule has 0 bridgehead atoms. The van der Waals surface area contributed by atoms with Crippen LogP contribution in [0.3, 0.4) is 0 Å². The molecule has 0 aromatic heterocycles. The van der Waals surface area contributed by atoms with Gasteiger partial charge in [-0.05, 0) is 22.5 Å². The van der Waals surface area contributed by atoms with Crippen LogP contribution in [0.25, 0.3) is 0 Å². The lowest BCUT2D eigenvalue weighted by Crippen LogP contribution is -2.05. The predicted octanol–water partition coefficient (Wildman–Crippen LogP) is 4.99. The Labute approximate surface area is 112 Å². The molecule has 3 aliphatic heterocycles. The van der Waals surface area contributed by atoms with Crippen LogP contribution >= 0.6 is 64.3 Å². The van der Waals surface area contributed by atoms with Gasteiger partial charge in [-0.2, -0.15) is 13.5 Å². The molecule has 2 spiro atoms. The fourth-order valence-electron chi connectivity index (χ4n) is 1.56. The maximum Gasteiger partial charge on any atom is 0.257 e. The van der Waals surface area contributed by atoms with E-state index in [-0.39, 0.29) is 0 Å². The van der Waals surface area contributed by atoms with E-state index in [1.54, 1.807) is 22.8 Å². The lowest BCUT2D eigenvalue weighted by molar-refractivity contribution is 1.04. The average molecular weight is 356 g/mol. The van der Waals surface area contributed by atoms with E-state index in [1.807, 2.05) is 0 Å². The maximum atomic E-state index is 6.24. The van der Waals surface area contributed by atoms with Gasteiger partial charge >= 0.3 is 0 Å². The SMILES string of the molecule is ClP1(Cl)=N[P@@]2(=N[P@]3(=N1)NCCS3)NCCS2. The Balaban J connectivity index is 2.18. The van der Waals surface area contributed by atoms with Crippen molar-refractivity contribution < 1.29 is 0 Å². The second-order valence-electron chi connectivity index (χ2n) is 3.29. The molecule has 2 fully saturated rings. The van der Waals surface area contributed by atoms with E-state index in [0.717, 1.165) is 24.6 Å². The van der Waals surface area contributed by atoms with Gasteiger partial charge < -0.3 is 0 Å². The molecule has 0 unspecified atom stereocenters. The molecule has 0 saturated carbocycles. The largest absolute Gasteiger partial charge is 0.257 e. The Bertz CT molecular complexity index is 451. The van der Waals surface area contributed by atoms with E-state index in [2.05, 4.69) is 19.2 Å². The summed E-state index contributed by atoms with van der Waals surface area (Å²) in [5.74, 6) is -0.479. The molecule has 0 amide bonds. The third-order valence-electron chi connectivity index (χ3n) is 2.08. The summed E-state index contributed by atoms with van der Waals surface area (Å²) in [5.41, 5.74) is 0. The van der Waals surface area contributed by atoms with E-state index in [4.69, 9.17) is 27.0 Å². The zero-order valence-corrected chi connectivity index (χ0v) is 13.9. The summed E-state index contributed by atoms with van der Waals surface area (Å²) < 4.78 is 13.9. The molecule has 0 radical (unpaired) electrons. The first kappa shape index (κ1) is 12.9. The summed E-state index contributed by atoms with van der Waals surface area (Å²) in [5, 5.41) is 6.79. The highest BCUT2D eigenvalue weighted by atomic mass is 35.9. The number of hydrogen-bond acceptors (Lipinski definition) is 7. The van der Waals surface area contributed by atoms with Gasteiger partial charge in [-0.3, -0.25) is 10.2 Å². The van der Waals surface area contributed by atoms with Gasteiger partial charge in [-0.1, -0.05) is 22.8 Å². The van der Waals surface area contributed by atoms with Gasteiger partial charge in [-0.15, -0.1) is 0 Å². The Morgan fingerprint density at radius 1 is 0.875 bits per heavy atom. The summed E-state index contributed by atoms with van der Waals surface area (Å²) in [4.78, 5) is 0. The fourth-order valence-corrected chi connectivity index (χ4v) is 24.8. The Morgan fingerprint density at radius 2 is 1.44 bits per heavy atom. The van der Waals surface area contributed by atoms with E-state index in [0.29, 0.717) is 0 Å². The van der Waals surface area contributed by atoms with Crippen molar-refractivity contribution >= 4 is 64.3 Å². The van der Waals surface area contributed by atoms with Crippen LogP contribution in [0, 0.1) is 0 Å². The minimum Gasteiger partial charge on any atom is -0.257 e. The molecule has 2 N–H and O–H groups in total. The second-order valence-corrected chi connectivity index (χ2v) is 18.4. The van der Waals surface area contributed by atoms with Crippen LogP contribution < -0.4 is 10.2 Å². The highest BCUT2D eigenvalue weighted by Gasteiger charge is 2.39. The molecule has 12 heteroatoms. The fraction of sp³-hybridized carbons (Fsp3) is 1.00. The number of hydrogen-bond donors (Lipinski definition) is 2. The molecule has 0 aliphatic carbocycles. The predicted molar refractivity (Wildman–Crippen MR) is 80.7 cm³/mol. The normalized spacial score (nSPS) is 45.4. The van der Waals surface area contributed by atoms with E-state index >= 15 is 0 Å². The molecule has 92 valence electrons. The first-order chi connectivity index (χ1) is 7.54. The van der Waals surface area contributed by atoms with E-state index < -0.39 is 19.0 Å². The first-order valence-corrected chi connectivity index (χ1v) is 14.7. The number of halogens is 2. The van der Waals surface area contributed by atoms with Crippen LogP contribution in [0.4, 0.5) is 0 Å². The van der Waals surface area contributed by atoms with Gasteiger partial charge in [0.05, 0.1) is 0 Å². The summed E-state index contributed by atoms with van der Waals surface area (Å²) in [6.45, 7) is -1.94. The quantitative estimate of drug-likeness (QED) is 0.601. The van der Waals surface area contributed by atoms with Crippen LogP contribution in [-0.4, -0.2) is 24.6 Å². The zero-order valence-electron chi connectivity index (χ0n) is 8.08. The first-order valence-electron chi connectivity index (χ1n) is 4.63. The summed E-state index contributed by atoms with van der Waals surface area (Å²) >= 11 is 16.0. The van der Waals surface area contributed by atoms with Crippen LogP contribution in [0.15, 0.2) is 13.5 Å². The van der Waals surface area contributed by atoms with Gasteiger partial charge in [0, 0.05) is 24.6 Å². The maximum absolute atomic E-state index is 6.24. The van der Waals surface area contributed by atoms with E-state index in [9.17, 15) is 0 Å². The van der Waals surface area contributed by atoms with Gasteiger partial charge in [-0.25, -0.2) is 0 Å². The molecule has 3 aliphatic rings. The molecule has 2 atom stereocenters. The summed E-state index contributed by atoms with van der Waals surface area (Å²) in [6.07, 6.45) is 0. The number of rotatable bonds is 0. The zero-order chi connectivity index (χ0) is 11.3. The third-order valence-corrected chi connectivity index (χ3v) is 19.5. The van der Waals surface area contributed by atoms with Crippen molar-refractivity contribution in [2.24, 2.45) is 13.5 Å². The van der Waals surface area contributed by atoms with Crippen molar-refractivity contribution in [2.45, 2.75) is 0 Å². The molecule has 3 heterocycles. The third kappa shape index (κ3) is 2.45. The van der Waals surface area contributed by atoms with Crippen molar-refractivity contribution in [1.29, 1.82) is 0 Å². The van der Waals surface area contributed by atoms with Crippen LogP contribution in [-0.2, 0) is 0 Å². The van der Waals surface area contributed by atoms with Crippen LogP contribution in [0.1, 0.15) is 0 Å². The van der Waals surface area contributed by atoms with Crippen molar-refractivity contribution in [2.75, 3.05) is 24.6 Å². The Kier molecular flexibility index (Phi) is 3.60. The molecule has 0 aromatic carbocycles. The number of nitrogens with one attached hydrogen (secondary N) is 2. The Morgan fingerprint density at radius 3 is 1.94 bits per heavy atom. The highest BCUT2D eigenvalue weighted by Crippen LogP contribution is 2.87. The lowest BCUT2D eigenvalue weighted by atomic mass is 10.8. The highest BCUT2D eigenvalue weighted by molar-refractivity contribution is 8.64. The van der Waals surface area contributed by atoms with Gasteiger partial charge in [0.15, 0.2) is 0 Å². The molecular formula is C4H10Cl2N5P3S2. The van der Waals surface area contributed by atoms with Gasteiger partial charge in [0.2, 0.25) is 13.1 Å². The van der Waals surface area contributed by atoms with E-state index in [1.165, 1.54) is 0 Å². The van der Waals surface area contributed by atoms with Gasteiger partial charge in [0.1, 0.15) is 0 Å². The number of nitrogens with zero attached hydrogens (tertiary/aromatic N) is 3. The topological polar surface area (TPSA) is 61.1 Å². The molecule has 16 heavy (non-hydrogen) atoms. The average Bonchev–Trinajstić information content (AvgIpc) is 2.73. The van der Waals surface area contributed by atoms with Crippen LogP contribution in [0.5, 0.6) is 0 Å². The summed E-state index contributed by atoms with van der Waals surface area (Å²) in [6, 6.07) is 0. The van der Waals surface area contributed by atoms with Crippen molar-refractivity contribution in [3.05, 3.63) is 0 Å². The van der Waals surface area contributed by atoms with Gasteiger partial charge in [0.25, 0.3) is 5.91 Å². The molecule has 2 saturated heterocycles. The minimum atomic E-state index is -2.53. The summed E-state index contributed by atoms with van der Waals surface area (Å²) in [7, 11) is 0. The molecule has 5 nitrogen and oxygen atoms in total. The van der Waals surface area contributed by atoms with Crippen molar-refractivity contribution in [3.63, 3.8) is 0 Å². The minimum absolute atomic E-state index is 0.934. The van der Waals surface area contributed by atoms with Crippen molar-refractivity contribution in [1.82, 2.24) is 10.2 Å². The molecule has 3 rings (SSSR count). The lowest BCUT2D eigenvalue weighted by Gasteiger charge is -2.25. The monoisotopic (exact) mass is 355 g/mol. The van der Waals surface area contributed by atoms with Crippen LogP contribution in [0.2, 0.25) is 0 Å². The van der Waals surface area contributed by atoms with Crippen molar-refractivity contribution in [3.8, 4) is 0 Å². The molecule has 0 aromatic rings.